The molecule has 6 rings (SSSR count). The van der Waals surface area contributed by atoms with Gasteiger partial charge in [-0.1, -0.05) is 113 Å². The quantitative estimate of drug-likeness (QED) is 0.0826. The van der Waals surface area contributed by atoms with Crippen LogP contribution in [0.4, 0.5) is 34.5 Å². The molecule has 57 heavy (non-hydrogen) atoms. The van der Waals surface area contributed by atoms with E-state index in [1.807, 2.05) is 65.8 Å². The monoisotopic (exact) mass is 796 g/mol. The highest BCUT2D eigenvalue weighted by Gasteiger charge is 2.29. The molecular weight excluding hydrogens is 748 g/mol. The number of thiazole rings is 1. The lowest BCUT2D eigenvalue weighted by atomic mass is 9.90. The summed E-state index contributed by atoms with van der Waals surface area (Å²) in [6.07, 6.45) is 8.58. The van der Waals surface area contributed by atoms with Gasteiger partial charge in [0.15, 0.2) is 17.5 Å². The normalized spacial score (nSPS) is 11.6. The molecule has 10 nitrogen and oxygen atoms in total. The lowest BCUT2D eigenvalue weighted by Crippen LogP contribution is -2.14. The van der Waals surface area contributed by atoms with Crippen molar-refractivity contribution in [2.45, 2.75) is 106 Å². The third kappa shape index (κ3) is 9.34. The van der Waals surface area contributed by atoms with Crippen molar-refractivity contribution in [3.05, 3.63) is 104 Å². The average molecular weight is 797 g/mol. The van der Waals surface area contributed by atoms with Gasteiger partial charge in [0.25, 0.3) is 0 Å². The summed E-state index contributed by atoms with van der Waals surface area (Å²) in [5.41, 5.74) is 8.55. The van der Waals surface area contributed by atoms with Crippen LogP contribution in [-0.2, 0) is 11.8 Å². The zero-order valence-corrected chi connectivity index (χ0v) is 35.6. The highest BCUT2D eigenvalue weighted by atomic mass is 35.5. The van der Waals surface area contributed by atoms with E-state index in [4.69, 9.17) is 36.9 Å². The number of nitrogens with zero attached hydrogens (tertiary/aromatic N) is 8. The minimum atomic E-state index is -0.487. The summed E-state index contributed by atoms with van der Waals surface area (Å²) in [7, 11) is 0. The van der Waals surface area contributed by atoms with Crippen LogP contribution in [0.2, 0.25) is 5.02 Å². The maximum atomic E-state index is 10.6. The summed E-state index contributed by atoms with van der Waals surface area (Å²) >= 11 is 7.70. The van der Waals surface area contributed by atoms with Gasteiger partial charge >= 0.3 is 0 Å². The van der Waals surface area contributed by atoms with Gasteiger partial charge in [0.05, 0.1) is 21.5 Å². The van der Waals surface area contributed by atoms with Crippen LogP contribution in [0.15, 0.2) is 64.8 Å². The van der Waals surface area contributed by atoms with E-state index in [9.17, 15) is 10.5 Å². The number of hydrogen-bond donors (Lipinski definition) is 2. The van der Waals surface area contributed by atoms with Gasteiger partial charge in [0.1, 0.15) is 23.4 Å². The van der Waals surface area contributed by atoms with Crippen LogP contribution in [0.1, 0.15) is 111 Å². The van der Waals surface area contributed by atoms with Crippen LogP contribution in [0.25, 0.3) is 15.3 Å². The molecule has 0 amide bonds. The fraction of sp³-hybridized carbons (Fsp3) is 0.356. The van der Waals surface area contributed by atoms with E-state index in [-0.39, 0.29) is 11.4 Å². The van der Waals surface area contributed by atoms with Gasteiger partial charge in [-0.25, -0.2) is 9.97 Å². The number of azo groups is 1. The van der Waals surface area contributed by atoms with Crippen molar-refractivity contribution in [3.8, 4) is 17.3 Å². The molecular formula is C45H49ClN10S. The largest absolute Gasteiger partial charge is 0.339 e. The Hall–Kier alpha value is -5.62. The van der Waals surface area contributed by atoms with E-state index in [0.717, 1.165) is 44.7 Å². The Morgan fingerprint density at radius 2 is 1.49 bits per heavy atom. The van der Waals surface area contributed by atoms with Crippen LogP contribution in [-0.4, -0.2) is 19.7 Å². The number of rotatable bonds is 14. The highest BCUT2D eigenvalue weighted by molar-refractivity contribution is 7.20. The molecule has 6 aromatic rings. The zero-order valence-electron chi connectivity index (χ0n) is 34.0. The molecule has 0 aliphatic carbocycles. The summed E-state index contributed by atoms with van der Waals surface area (Å²) in [5.74, 6) is 1.03. The molecule has 0 saturated heterocycles. The first-order valence-electron chi connectivity index (χ1n) is 19.5. The second-order valence-corrected chi connectivity index (χ2v) is 17.1. The first-order chi connectivity index (χ1) is 27.3. The number of unbranched alkanes of at least 4 members (excludes halogenated alkanes) is 5. The summed E-state index contributed by atoms with van der Waals surface area (Å²) < 4.78 is 2.44. The van der Waals surface area contributed by atoms with Crippen LogP contribution in [0.3, 0.4) is 0 Å². The number of aryl methyl sites for hydroxylation is 4. The van der Waals surface area contributed by atoms with Crippen molar-refractivity contribution in [1.29, 1.82) is 10.5 Å². The minimum absolute atomic E-state index is 0.224. The van der Waals surface area contributed by atoms with Gasteiger partial charge in [-0.3, -0.25) is 0 Å². The molecule has 0 atom stereocenters. The maximum Gasteiger partial charge on any atom is 0.213 e. The van der Waals surface area contributed by atoms with E-state index in [1.165, 1.54) is 55.4 Å². The Labute approximate surface area is 344 Å². The number of fused-ring (bicyclic) bond motifs is 1. The number of nitriles is 2. The van der Waals surface area contributed by atoms with Gasteiger partial charge in [-0.15, -0.1) is 10.2 Å². The van der Waals surface area contributed by atoms with Crippen LogP contribution in [0, 0.1) is 50.4 Å². The maximum absolute atomic E-state index is 10.6. The van der Waals surface area contributed by atoms with Gasteiger partial charge in [-0.05, 0) is 87.6 Å². The van der Waals surface area contributed by atoms with E-state index in [1.54, 1.807) is 10.7 Å². The molecule has 3 aromatic heterocycles. The first kappa shape index (κ1) is 41.0. The lowest BCUT2D eigenvalue weighted by Gasteiger charge is -2.18. The van der Waals surface area contributed by atoms with Crippen molar-refractivity contribution in [2.24, 2.45) is 10.2 Å². The summed E-state index contributed by atoms with van der Waals surface area (Å²) in [4.78, 5) is 9.83. The third-order valence-corrected chi connectivity index (χ3v) is 11.2. The molecule has 0 aliphatic rings. The van der Waals surface area contributed by atoms with Gasteiger partial charge in [0.2, 0.25) is 5.13 Å². The van der Waals surface area contributed by atoms with Crippen molar-refractivity contribution < 1.29 is 0 Å². The average Bonchev–Trinajstić information content (AvgIpc) is 3.76. The number of benzene rings is 3. The van der Waals surface area contributed by atoms with Crippen molar-refractivity contribution in [1.82, 2.24) is 19.7 Å². The molecule has 0 radical (unpaired) electrons. The SMILES string of the molecule is CCCCCCCCc1ccc(Nc2nc(Nc3c(C)cc(C)cc3C)c(N=Nc3c(C#N)c(C(C)(C)C)nn3-c3nc4ccc(Cl)cc4s3)c(C)c2C#N)cc1. The van der Waals surface area contributed by atoms with Crippen LogP contribution >= 0.6 is 22.9 Å². The smallest absolute Gasteiger partial charge is 0.213 e. The topological polar surface area (TPSA) is 140 Å². The fourth-order valence-corrected chi connectivity index (χ4v) is 8.16. The molecule has 292 valence electrons. The number of pyridine rings is 1. The summed E-state index contributed by atoms with van der Waals surface area (Å²) in [6.45, 7) is 16.2. The summed E-state index contributed by atoms with van der Waals surface area (Å²) in [5, 5.41) is 43.6. The molecule has 0 saturated carbocycles. The number of hydrogen-bond acceptors (Lipinski definition) is 10. The van der Waals surface area contributed by atoms with E-state index < -0.39 is 5.41 Å². The molecule has 3 aromatic carbocycles. The van der Waals surface area contributed by atoms with Gasteiger partial charge in [0, 0.05) is 27.4 Å². The Balaban J connectivity index is 1.43. The van der Waals surface area contributed by atoms with E-state index >= 15 is 0 Å². The molecule has 0 fully saturated rings. The van der Waals surface area contributed by atoms with Crippen LogP contribution in [0.5, 0.6) is 0 Å². The second kappa shape index (κ2) is 17.7. The Bertz CT molecular complexity index is 2500. The first-order valence-corrected chi connectivity index (χ1v) is 20.7. The van der Waals surface area contributed by atoms with Crippen molar-refractivity contribution in [3.63, 3.8) is 0 Å². The minimum Gasteiger partial charge on any atom is -0.339 e. The van der Waals surface area contributed by atoms with E-state index in [2.05, 4.69) is 60.9 Å². The Kier molecular flexibility index (Phi) is 12.7. The second-order valence-electron chi connectivity index (χ2n) is 15.6. The highest BCUT2D eigenvalue weighted by Crippen LogP contribution is 2.41. The molecule has 0 unspecified atom stereocenters. The molecule has 2 N–H and O–H groups in total. The predicted octanol–water partition coefficient (Wildman–Crippen LogP) is 13.6. The number of anilines is 4. The van der Waals surface area contributed by atoms with Gasteiger partial charge < -0.3 is 10.6 Å². The standard InChI is InChI=1S/C45H49ClN10S/c1-9-10-11-12-13-14-15-31-16-19-33(20-17-31)49-41-34(25-47)30(5)39(42(52-41)51-38-28(3)22-27(2)23-29(38)4)53-54-43-35(26-48)40(45(6,7)8)55-56(43)44-50-36-21-18-32(46)24-37(36)57-44/h16-24H,9-15H2,1-8H3,(H2,49,51,52). The third-order valence-electron chi connectivity index (χ3n) is 9.93. The van der Waals surface area contributed by atoms with Crippen molar-refractivity contribution in [2.75, 3.05) is 10.6 Å². The Morgan fingerprint density at radius 1 is 0.807 bits per heavy atom. The van der Waals surface area contributed by atoms with E-state index in [0.29, 0.717) is 44.3 Å². The zero-order chi connectivity index (χ0) is 40.9. The van der Waals surface area contributed by atoms with Crippen LogP contribution < -0.4 is 10.6 Å². The number of halogens is 1. The molecule has 0 spiro atoms. The predicted molar refractivity (Wildman–Crippen MR) is 234 cm³/mol. The Morgan fingerprint density at radius 3 is 2.16 bits per heavy atom. The lowest BCUT2D eigenvalue weighted by molar-refractivity contribution is 0.559. The summed E-state index contributed by atoms with van der Waals surface area (Å²) in [6, 6.07) is 22.7. The number of nitrogens with one attached hydrogen (secondary N) is 2. The number of aromatic nitrogens is 4. The molecule has 0 bridgehead atoms. The molecule has 0 aliphatic heterocycles. The molecule has 12 heteroatoms. The fourth-order valence-electron chi connectivity index (χ4n) is 6.96. The van der Waals surface area contributed by atoms with Gasteiger partial charge in [-0.2, -0.15) is 20.3 Å². The molecule has 3 heterocycles. The van der Waals surface area contributed by atoms with Crippen molar-refractivity contribution >= 4 is 67.7 Å².